The van der Waals surface area contributed by atoms with Gasteiger partial charge in [-0.05, 0) is 42.5 Å². The fourth-order valence-corrected chi connectivity index (χ4v) is 2.41. The summed E-state index contributed by atoms with van der Waals surface area (Å²) < 4.78 is 0. The van der Waals surface area contributed by atoms with Crippen molar-refractivity contribution in [1.82, 2.24) is 5.32 Å². The fourth-order valence-electron chi connectivity index (χ4n) is 2.41. The molecule has 2 aromatic carbocycles. The van der Waals surface area contributed by atoms with Gasteiger partial charge in [-0.3, -0.25) is 4.79 Å². The summed E-state index contributed by atoms with van der Waals surface area (Å²) in [6, 6.07) is 16.4. The minimum atomic E-state index is -0.0791. The van der Waals surface area contributed by atoms with Gasteiger partial charge in [0.1, 0.15) is 0 Å². The first-order chi connectivity index (χ1) is 10.1. The highest BCUT2D eigenvalue weighted by molar-refractivity contribution is 5.77. The lowest BCUT2D eigenvalue weighted by Crippen LogP contribution is -2.29. The monoisotopic (exact) mass is 281 g/mol. The molecule has 2 nitrogen and oxygen atoms in total. The molecule has 21 heavy (non-hydrogen) atoms. The van der Waals surface area contributed by atoms with E-state index in [4.69, 9.17) is 0 Å². The Labute approximate surface area is 127 Å². The quantitative estimate of drug-likeness (QED) is 0.869. The molecule has 0 spiro atoms. The Balaban J connectivity index is 2.35. The van der Waals surface area contributed by atoms with Gasteiger partial charge in [0.2, 0.25) is 5.91 Å². The summed E-state index contributed by atoms with van der Waals surface area (Å²) in [7, 11) is 0. The molecular formula is C19H23NO. The van der Waals surface area contributed by atoms with Crippen LogP contribution in [0.15, 0.2) is 48.5 Å². The maximum Gasteiger partial charge on any atom is 0.220 e. The number of hydrogen-bond donors (Lipinski definition) is 1. The van der Waals surface area contributed by atoms with Crippen LogP contribution >= 0.6 is 0 Å². The van der Waals surface area contributed by atoms with Crippen molar-refractivity contribution in [1.29, 1.82) is 0 Å². The van der Waals surface area contributed by atoms with Crippen LogP contribution in [0.3, 0.4) is 0 Å². The van der Waals surface area contributed by atoms with Crippen molar-refractivity contribution in [2.45, 2.75) is 39.7 Å². The van der Waals surface area contributed by atoms with E-state index in [9.17, 15) is 4.79 Å². The number of benzene rings is 2. The second-order valence-corrected chi connectivity index (χ2v) is 5.50. The summed E-state index contributed by atoms with van der Waals surface area (Å²) in [5.41, 5.74) is 4.77. The second-order valence-electron chi connectivity index (χ2n) is 5.50. The predicted octanol–water partition coefficient (Wildman–Crippen LogP) is 4.31. The molecule has 0 aliphatic carbocycles. The number of nitrogens with one attached hydrogen (secondary N) is 1. The van der Waals surface area contributed by atoms with Gasteiger partial charge in [-0.25, -0.2) is 0 Å². The molecule has 1 amide bonds. The summed E-state index contributed by atoms with van der Waals surface area (Å²) >= 11 is 0. The van der Waals surface area contributed by atoms with Crippen LogP contribution in [0.25, 0.3) is 0 Å². The Morgan fingerprint density at radius 1 is 1.00 bits per heavy atom. The minimum absolute atomic E-state index is 0.0791. The molecule has 2 aromatic rings. The van der Waals surface area contributed by atoms with Crippen LogP contribution in [-0.2, 0) is 4.79 Å². The minimum Gasteiger partial charge on any atom is -0.345 e. The van der Waals surface area contributed by atoms with Crippen molar-refractivity contribution in [2.75, 3.05) is 0 Å². The number of aryl methyl sites for hydroxylation is 2. The van der Waals surface area contributed by atoms with Crippen LogP contribution in [0.2, 0.25) is 0 Å². The van der Waals surface area contributed by atoms with Gasteiger partial charge in [-0.2, -0.15) is 0 Å². The average Bonchev–Trinajstić information content (AvgIpc) is 2.49. The first-order valence-corrected chi connectivity index (χ1v) is 7.53. The van der Waals surface area contributed by atoms with Crippen LogP contribution in [0.4, 0.5) is 0 Å². The van der Waals surface area contributed by atoms with Crippen LogP contribution in [0, 0.1) is 13.8 Å². The number of carbonyl (C=O) groups is 1. The molecule has 0 radical (unpaired) electrons. The lowest BCUT2D eigenvalue weighted by Gasteiger charge is -2.21. The third-order valence-electron chi connectivity index (χ3n) is 3.78. The molecule has 1 N–H and O–H groups in total. The highest BCUT2D eigenvalue weighted by Crippen LogP contribution is 2.24. The molecule has 0 aromatic heterocycles. The molecule has 0 fully saturated rings. The zero-order valence-corrected chi connectivity index (χ0v) is 13.0. The Morgan fingerprint density at radius 2 is 1.71 bits per heavy atom. The van der Waals surface area contributed by atoms with E-state index in [1.54, 1.807) is 0 Å². The van der Waals surface area contributed by atoms with Crippen LogP contribution < -0.4 is 5.32 Å². The van der Waals surface area contributed by atoms with Crippen molar-refractivity contribution < 1.29 is 4.79 Å². The number of amides is 1. The molecule has 0 heterocycles. The topological polar surface area (TPSA) is 29.1 Å². The molecule has 0 saturated carbocycles. The molecule has 0 saturated heterocycles. The lowest BCUT2D eigenvalue weighted by atomic mass is 9.95. The molecule has 2 rings (SSSR count). The van der Waals surface area contributed by atoms with Gasteiger partial charge in [-0.15, -0.1) is 0 Å². The van der Waals surface area contributed by atoms with E-state index in [1.165, 1.54) is 11.1 Å². The highest BCUT2D eigenvalue weighted by Gasteiger charge is 2.16. The van der Waals surface area contributed by atoms with E-state index in [0.717, 1.165) is 17.5 Å². The Hall–Kier alpha value is -2.09. The summed E-state index contributed by atoms with van der Waals surface area (Å²) in [5, 5.41) is 3.16. The average molecular weight is 281 g/mol. The van der Waals surface area contributed by atoms with E-state index >= 15 is 0 Å². The molecule has 110 valence electrons. The van der Waals surface area contributed by atoms with Crippen molar-refractivity contribution in [2.24, 2.45) is 0 Å². The molecule has 2 heteroatoms. The van der Waals surface area contributed by atoms with Crippen molar-refractivity contribution in [3.63, 3.8) is 0 Å². The van der Waals surface area contributed by atoms with E-state index in [0.29, 0.717) is 6.42 Å². The zero-order chi connectivity index (χ0) is 15.2. The molecular weight excluding hydrogens is 258 g/mol. The maximum absolute atomic E-state index is 12.0. The third-order valence-corrected chi connectivity index (χ3v) is 3.78. The zero-order valence-electron chi connectivity index (χ0n) is 13.0. The second kappa shape index (κ2) is 7.07. The first kappa shape index (κ1) is 15.3. The SMILES string of the molecule is CCCC(=O)NC(c1ccccc1)c1ccc(C)c(C)c1. The largest absolute Gasteiger partial charge is 0.345 e. The summed E-state index contributed by atoms with van der Waals surface area (Å²) in [6.07, 6.45) is 1.43. The standard InChI is InChI=1S/C19H23NO/c1-4-8-18(21)20-19(16-9-6-5-7-10-16)17-12-11-14(2)15(3)13-17/h5-7,9-13,19H,4,8H2,1-3H3,(H,20,21). The summed E-state index contributed by atoms with van der Waals surface area (Å²) in [4.78, 5) is 12.0. The Bertz CT molecular complexity index is 604. The van der Waals surface area contributed by atoms with E-state index in [-0.39, 0.29) is 11.9 Å². The van der Waals surface area contributed by atoms with Gasteiger partial charge >= 0.3 is 0 Å². The van der Waals surface area contributed by atoms with Crippen molar-refractivity contribution in [3.8, 4) is 0 Å². The molecule has 0 aliphatic heterocycles. The van der Waals surface area contributed by atoms with Gasteiger partial charge in [-0.1, -0.05) is 55.5 Å². The van der Waals surface area contributed by atoms with Crippen molar-refractivity contribution in [3.05, 3.63) is 70.8 Å². The smallest absolute Gasteiger partial charge is 0.220 e. The van der Waals surface area contributed by atoms with Crippen molar-refractivity contribution >= 4 is 5.91 Å². The van der Waals surface area contributed by atoms with Gasteiger partial charge in [0.25, 0.3) is 0 Å². The van der Waals surface area contributed by atoms with Gasteiger partial charge in [0.15, 0.2) is 0 Å². The van der Waals surface area contributed by atoms with E-state index in [2.05, 4.69) is 49.5 Å². The van der Waals surface area contributed by atoms with Gasteiger partial charge in [0, 0.05) is 6.42 Å². The van der Waals surface area contributed by atoms with Crippen LogP contribution in [0.5, 0.6) is 0 Å². The van der Waals surface area contributed by atoms with Gasteiger partial charge in [0.05, 0.1) is 6.04 Å². The normalized spacial score (nSPS) is 12.0. The molecule has 1 unspecified atom stereocenters. The maximum atomic E-state index is 12.0. The first-order valence-electron chi connectivity index (χ1n) is 7.53. The molecule has 0 aliphatic rings. The predicted molar refractivity (Wildman–Crippen MR) is 87.3 cm³/mol. The summed E-state index contributed by atoms with van der Waals surface area (Å²) in [5.74, 6) is 0.101. The van der Waals surface area contributed by atoms with Crippen LogP contribution in [0.1, 0.15) is 48.1 Å². The Morgan fingerprint density at radius 3 is 2.33 bits per heavy atom. The van der Waals surface area contributed by atoms with Gasteiger partial charge < -0.3 is 5.32 Å². The number of rotatable bonds is 5. The Kier molecular flexibility index (Phi) is 5.15. The van der Waals surface area contributed by atoms with Crippen LogP contribution in [-0.4, -0.2) is 5.91 Å². The highest BCUT2D eigenvalue weighted by atomic mass is 16.1. The molecule has 1 atom stereocenters. The molecule has 0 bridgehead atoms. The third kappa shape index (κ3) is 3.94. The number of hydrogen-bond acceptors (Lipinski definition) is 1. The number of carbonyl (C=O) groups excluding carboxylic acids is 1. The summed E-state index contributed by atoms with van der Waals surface area (Å²) in [6.45, 7) is 6.23. The fraction of sp³-hybridized carbons (Fsp3) is 0.316. The van der Waals surface area contributed by atoms with E-state index < -0.39 is 0 Å². The lowest BCUT2D eigenvalue weighted by molar-refractivity contribution is -0.121. The van der Waals surface area contributed by atoms with E-state index in [1.807, 2.05) is 25.1 Å².